The summed E-state index contributed by atoms with van der Waals surface area (Å²) >= 11 is 0. The SMILES string of the molecule is c1coc(-c2nc3c4c(ncn3n2)CCCC4)c1. The van der Waals surface area contributed by atoms with E-state index in [1.54, 1.807) is 17.1 Å². The number of nitrogens with zero attached hydrogens (tertiary/aromatic N) is 4. The maximum absolute atomic E-state index is 5.33. The van der Waals surface area contributed by atoms with Gasteiger partial charge in [0.25, 0.3) is 0 Å². The van der Waals surface area contributed by atoms with Gasteiger partial charge in [0.05, 0.1) is 6.26 Å². The van der Waals surface area contributed by atoms with Crippen LogP contribution in [0.2, 0.25) is 0 Å². The normalized spacial score (nSPS) is 14.9. The minimum absolute atomic E-state index is 0.626. The van der Waals surface area contributed by atoms with Crippen LogP contribution in [0.5, 0.6) is 0 Å². The molecule has 18 heavy (non-hydrogen) atoms. The van der Waals surface area contributed by atoms with Crippen molar-refractivity contribution in [2.75, 3.05) is 0 Å². The van der Waals surface area contributed by atoms with E-state index in [1.165, 1.54) is 24.1 Å². The molecular weight excluding hydrogens is 228 g/mol. The molecule has 0 saturated heterocycles. The van der Waals surface area contributed by atoms with Crippen LogP contribution in [0.1, 0.15) is 24.1 Å². The average Bonchev–Trinajstić information content (AvgIpc) is 3.07. The Morgan fingerprint density at radius 2 is 2.17 bits per heavy atom. The highest BCUT2D eigenvalue weighted by atomic mass is 16.3. The van der Waals surface area contributed by atoms with E-state index >= 15 is 0 Å². The van der Waals surface area contributed by atoms with Gasteiger partial charge in [-0.3, -0.25) is 0 Å². The van der Waals surface area contributed by atoms with Crippen LogP contribution < -0.4 is 0 Å². The second-order valence-electron chi connectivity index (χ2n) is 4.56. The Hall–Kier alpha value is -2.17. The second kappa shape index (κ2) is 3.66. The van der Waals surface area contributed by atoms with Crippen molar-refractivity contribution in [1.29, 1.82) is 0 Å². The van der Waals surface area contributed by atoms with Gasteiger partial charge in [0.15, 0.2) is 11.4 Å². The lowest BCUT2D eigenvalue weighted by Crippen LogP contribution is -2.08. The van der Waals surface area contributed by atoms with Gasteiger partial charge >= 0.3 is 0 Å². The predicted molar refractivity (Wildman–Crippen MR) is 65.1 cm³/mol. The maximum atomic E-state index is 5.33. The van der Waals surface area contributed by atoms with Gasteiger partial charge in [-0.1, -0.05) is 0 Å². The van der Waals surface area contributed by atoms with E-state index in [0.29, 0.717) is 11.6 Å². The first kappa shape index (κ1) is 9.82. The molecule has 90 valence electrons. The first-order chi connectivity index (χ1) is 8.92. The van der Waals surface area contributed by atoms with Gasteiger partial charge in [-0.15, -0.1) is 5.10 Å². The lowest BCUT2D eigenvalue weighted by Gasteiger charge is -2.13. The topological polar surface area (TPSA) is 56.2 Å². The highest BCUT2D eigenvalue weighted by Gasteiger charge is 2.18. The van der Waals surface area contributed by atoms with E-state index < -0.39 is 0 Å². The van der Waals surface area contributed by atoms with Gasteiger partial charge in [-0.05, 0) is 37.8 Å². The standard InChI is InChI=1S/C13H12N4O/c1-2-5-10-9(4-1)13-15-12(11-6-3-7-18-11)16-17(13)8-14-10/h3,6-8H,1-2,4-5H2. The zero-order chi connectivity index (χ0) is 11.9. The fraction of sp³-hybridized carbons (Fsp3) is 0.308. The Balaban J connectivity index is 1.95. The van der Waals surface area contributed by atoms with Crippen LogP contribution in [0.15, 0.2) is 29.1 Å². The third kappa shape index (κ3) is 1.37. The quantitative estimate of drug-likeness (QED) is 0.654. The van der Waals surface area contributed by atoms with Crippen molar-refractivity contribution in [3.8, 4) is 11.6 Å². The monoisotopic (exact) mass is 240 g/mol. The van der Waals surface area contributed by atoms with Gasteiger partial charge in [-0.25, -0.2) is 14.5 Å². The highest BCUT2D eigenvalue weighted by Crippen LogP contribution is 2.24. The minimum atomic E-state index is 0.626. The summed E-state index contributed by atoms with van der Waals surface area (Å²) in [5.74, 6) is 1.32. The zero-order valence-corrected chi connectivity index (χ0v) is 9.83. The van der Waals surface area contributed by atoms with Gasteiger partial charge in [0, 0.05) is 11.3 Å². The number of furan rings is 1. The molecule has 1 aliphatic rings. The molecule has 0 fully saturated rings. The number of hydrogen-bond donors (Lipinski definition) is 0. The van der Waals surface area contributed by atoms with E-state index in [4.69, 9.17) is 4.42 Å². The molecule has 5 nitrogen and oxygen atoms in total. The Bertz CT molecular complexity index is 699. The molecule has 4 rings (SSSR count). The number of fused-ring (bicyclic) bond motifs is 3. The molecular formula is C13H12N4O. The number of rotatable bonds is 1. The third-order valence-electron chi connectivity index (χ3n) is 3.40. The summed E-state index contributed by atoms with van der Waals surface area (Å²) in [5, 5.41) is 4.41. The van der Waals surface area contributed by atoms with E-state index in [1.807, 2.05) is 12.1 Å². The van der Waals surface area contributed by atoms with E-state index in [0.717, 1.165) is 18.5 Å². The average molecular weight is 240 g/mol. The van der Waals surface area contributed by atoms with Crippen molar-refractivity contribution in [2.45, 2.75) is 25.7 Å². The van der Waals surface area contributed by atoms with E-state index in [9.17, 15) is 0 Å². The van der Waals surface area contributed by atoms with Gasteiger partial charge in [-0.2, -0.15) is 0 Å². The van der Waals surface area contributed by atoms with Crippen molar-refractivity contribution >= 4 is 5.65 Å². The maximum Gasteiger partial charge on any atom is 0.217 e. The minimum Gasteiger partial charge on any atom is -0.461 e. The van der Waals surface area contributed by atoms with E-state index in [-0.39, 0.29) is 0 Å². The van der Waals surface area contributed by atoms with Crippen molar-refractivity contribution in [3.63, 3.8) is 0 Å². The largest absolute Gasteiger partial charge is 0.461 e. The van der Waals surface area contributed by atoms with Gasteiger partial charge in [0.2, 0.25) is 5.82 Å². The summed E-state index contributed by atoms with van der Waals surface area (Å²) in [6.45, 7) is 0. The molecule has 0 amide bonds. The lowest BCUT2D eigenvalue weighted by atomic mass is 9.97. The Labute approximate surface area is 103 Å². The fourth-order valence-electron chi connectivity index (χ4n) is 2.52. The van der Waals surface area contributed by atoms with E-state index in [2.05, 4.69) is 15.1 Å². The summed E-state index contributed by atoms with van der Waals surface area (Å²) in [7, 11) is 0. The highest BCUT2D eigenvalue weighted by molar-refractivity contribution is 5.56. The summed E-state index contributed by atoms with van der Waals surface area (Å²) in [6, 6.07) is 3.71. The van der Waals surface area contributed by atoms with Crippen molar-refractivity contribution in [3.05, 3.63) is 36.0 Å². The number of hydrogen-bond acceptors (Lipinski definition) is 4. The number of aryl methyl sites for hydroxylation is 2. The van der Waals surface area contributed by atoms with Crippen LogP contribution in [-0.2, 0) is 12.8 Å². The van der Waals surface area contributed by atoms with Crippen molar-refractivity contribution < 1.29 is 4.42 Å². The zero-order valence-electron chi connectivity index (χ0n) is 9.83. The summed E-state index contributed by atoms with van der Waals surface area (Å²) in [6.07, 6.45) is 7.90. The Morgan fingerprint density at radius 1 is 1.22 bits per heavy atom. The fourth-order valence-corrected chi connectivity index (χ4v) is 2.52. The van der Waals surface area contributed by atoms with Gasteiger partial charge in [0.1, 0.15) is 6.33 Å². The Kier molecular flexibility index (Phi) is 2.00. The lowest BCUT2D eigenvalue weighted by molar-refractivity contribution is 0.577. The third-order valence-corrected chi connectivity index (χ3v) is 3.40. The first-order valence-corrected chi connectivity index (χ1v) is 6.19. The van der Waals surface area contributed by atoms with Crippen LogP contribution in [0.4, 0.5) is 0 Å². The Morgan fingerprint density at radius 3 is 3.06 bits per heavy atom. The van der Waals surface area contributed by atoms with Crippen LogP contribution in [-0.4, -0.2) is 19.6 Å². The molecule has 1 aliphatic carbocycles. The molecule has 3 heterocycles. The first-order valence-electron chi connectivity index (χ1n) is 6.19. The molecule has 0 aliphatic heterocycles. The molecule has 0 unspecified atom stereocenters. The molecule has 0 N–H and O–H groups in total. The van der Waals surface area contributed by atoms with Crippen molar-refractivity contribution in [1.82, 2.24) is 19.6 Å². The van der Waals surface area contributed by atoms with Crippen molar-refractivity contribution in [2.24, 2.45) is 0 Å². The van der Waals surface area contributed by atoms with Crippen LogP contribution in [0.25, 0.3) is 17.2 Å². The molecule has 0 radical (unpaired) electrons. The number of aromatic nitrogens is 4. The molecule has 0 spiro atoms. The van der Waals surface area contributed by atoms with Crippen LogP contribution in [0.3, 0.4) is 0 Å². The van der Waals surface area contributed by atoms with Crippen LogP contribution in [0, 0.1) is 0 Å². The summed E-state index contributed by atoms with van der Waals surface area (Å²) < 4.78 is 7.09. The summed E-state index contributed by atoms with van der Waals surface area (Å²) in [5.41, 5.74) is 3.34. The molecule has 0 aromatic carbocycles. The molecule has 3 aromatic rings. The molecule has 0 atom stereocenters. The van der Waals surface area contributed by atoms with Crippen LogP contribution >= 0.6 is 0 Å². The predicted octanol–water partition coefficient (Wildman–Crippen LogP) is 2.26. The van der Waals surface area contributed by atoms with Gasteiger partial charge < -0.3 is 4.42 Å². The molecule has 0 saturated carbocycles. The second-order valence-corrected chi connectivity index (χ2v) is 4.56. The summed E-state index contributed by atoms with van der Waals surface area (Å²) in [4.78, 5) is 9.06. The molecule has 3 aromatic heterocycles. The molecule has 0 bridgehead atoms. The molecule has 5 heteroatoms. The smallest absolute Gasteiger partial charge is 0.217 e.